The van der Waals surface area contributed by atoms with E-state index in [0.717, 1.165) is 20.5 Å². The number of nitrogens with one attached hydrogen (secondary N) is 2. The number of hydrogen-bond donors (Lipinski definition) is 2. The molecule has 0 aliphatic rings. The fourth-order valence-corrected chi connectivity index (χ4v) is 4.49. The topological polar surface area (TPSA) is 75.3 Å². The van der Waals surface area contributed by atoms with E-state index in [1.54, 1.807) is 29.5 Å². The van der Waals surface area contributed by atoms with Crippen molar-refractivity contribution in [3.8, 4) is 0 Å². The molecule has 5 nitrogen and oxygen atoms in total. The van der Waals surface area contributed by atoms with E-state index in [9.17, 15) is 13.2 Å². The number of sulfonamides is 1. The number of rotatable bonds is 7. The van der Waals surface area contributed by atoms with Crippen molar-refractivity contribution in [3.05, 3.63) is 50.1 Å². The predicted octanol–water partition coefficient (Wildman–Crippen LogP) is 3.11. The summed E-state index contributed by atoms with van der Waals surface area (Å²) in [4.78, 5) is 13.0. The van der Waals surface area contributed by atoms with Crippen molar-refractivity contribution in [1.29, 1.82) is 0 Å². The van der Waals surface area contributed by atoms with Crippen LogP contribution in [0.1, 0.15) is 22.4 Å². The Balaban J connectivity index is 1.81. The monoisotopic (exact) mass is 430 g/mol. The first-order valence-electron chi connectivity index (χ1n) is 7.34. The summed E-state index contributed by atoms with van der Waals surface area (Å²) in [6, 6.07) is 6.91. The lowest BCUT2D eigenvalue weighted by molar-refractivity contribution is -0.121. The van der Waals surface area contributed by atoms with Gasteiger partial charge in [0, 0.05) is 27.7 Å². The molecular formula is C16H19BrN2O3S2. The van der Waals surface area contributed by atoms with Crippen LogP contribution in [0, 0.1) is 13.8 Å². The average Bonchev–Trinajstić information content (AvgIpc) is 2.93. The Morgan fingerprint density at radius 2 is 1.96 bits per heavy atom. The Bertz CT molecular complexity index is 832. The summed E-state index contributed by atoms with van der Waals surface area (Å²) in [5.74, 6) is -0.192. The molecule has 0 saturated carbocycles. The van der Waals surface area contributed by atoms with E-state index in [2.05, 4.69) is 26.0 Å². The molecule has 0 saturated heterocycles. The number of aryl methyl sites for hydroxylation is 2. The van der Waals surface area contributed by atoms with Crippen LogP contribution in [0.2, 0.25) is 0 Å². The largest absolute Gasteiger partial charge is 0.351 e. The number of carbonyl (C=O) groups excluding carboxylic acids is 1. The zero-order valence-corrected chi connectivity index (χ0v) is 16.6. The molecule has 1 heterocycles. The highest BCUT2D eigenvalue weighted by molar-refractivity contribution is 9.10. The molecule has 8 heteroatoms. The molecule has 0 aliphatic carbocycles. The van der Waals surface area contributed by atoms with Crippen LogP contribution in [0.4, 0.5) is 0 Å². The molecule has 130 valence electrons. The second kappa shape index (κ2) is 8.24. The molecule has 0 radical (unpaired) electrons. The van der Waals surface area contributed by atoms with Gasteiger partial charge in [-0.25, -0.2) is 13.1 Å². The molecule has 0 atom stereocenters. The van der Waals surface area contributed by atoms with Gasteiger partial charge in [0.1, 0.15) is 0 Å². The first-order chi connectivity index (χ1) is 11.3. The van der Waals surface area contributed by atoms with Gasteiger partial charge in [-0.2, -0.15) is 0 Å². The van der Waals surface area contributed by atoms with Crippen LogP contribution in [0.25, 0.3) is 0 Å². The molecule has 1 aromatic carbocycles. The number of benzene rings is 1. The second-order valence-electron chi connectivity index (χ2n) is 5.40. The van der Waals surface area contributed by atoms with Crippen molar-refractivity contribution in [2.45, 2.75) is 31.7 Å². The minimum Gasteiger partial charge on any atom is -0.351 e. The first-order valence-corrected chi connectivity index (χ1v) is 10.5. The number of hydrogen-bond acceptors (Lipinski definition) is 4. The Labute approximate surface area is 154 Å². The van der Waals surface area contributed by atoms with Gasteiger partial charge in [0.25, 0.3) is 0 Å². The van der Waals surface area contributed by atoms with Crippen LogP contribution in [0.5, 0.6) is 0 Å². The summed E-state index contributed by atoms with van der Waals surface area (Å²) in [6.07, 6.45) is 0.0939. The summed E-state index contributed by atoms with van der Waals surface area (Å²) < 4.78 is 27.9. The maximum atomic E-state index is 12.2. The van der Waals surface area contributed by atoms with Crippen molar-refractivity contribution in [1.82, 2.24) is 10.0 Å². The molecule has 2 aromatic rings. The fraction of sp³-hybridized carbons (Fsp3) is 0.312. The standard InChI is InChI=1S/C16H19BrN2O3S2/c1-11-3-4-15(7-12(11)2)24(21,22)19-6-5-16(20)18-9-14-8-13(17)10-23-14/h3-4,7-8,10,19H,5-6,9H2,1-2H3,(H,18,20). The van der Waals surface area contributed by atoms with Gasteiger partial charge in [-0.05, 0) is 59.1 Å². The molecule has 0 aliphatic heterocycles. The Morgan fingerprint density at radius 1 is 1.21 bits per heavy atom. The number of carbonyl (C=O) groups is 1. The molecular weight excluding hydrogens is 412 g/mol. The van der Waals surface area contributed by atoms with Gasteiger partial charge in [-0.3, -0.25) is 4.79 Å². The third kappa shape index (κ3) is 5.41. The van der Waals surface area contributed by atoms with Gasteiger partial charge in [0.05, 0.1) is 11.4 Å². The van der Waals surface area contributed by atoms with Gasteiger partial charge in [-0.1, -0.05) is 6.07 Å². The number of amides is 1. The van der Waals surface area contributed by atoms with Gasteiger partial charge < -0.3 is 5.32 Å². The molecule has 2 rings (SSSR count). The molecule has 0 unspecified atom stereocenters. The van der Waals surface area contributed by atoms with Crippen molar-refractivity contribution in [2.75, 3.05) is 6.54 Å². The highest BCUT2D eigenvalue weighted by Crippen LogP contribution is 2.19. The van der Waals surface area contributed by atoms with Crippen molar-refractivity contribution in [3.63, 3.8) is 0 Å². The van der Waals surface area contributed by atoms with E-state index in [4.69, 9.17) is 0 Å². The molecule has 0 bridgehead atoms. The first kappa shape index (κ1) is 19.1. The highest BCUT2D eigenvalue weighted by atomic mass is 79.9. The molecule has 2 N–H and O–H groups in total. The van der Waals surface area contributed by atoms with Crippen LogP contribution in [0.15, 0.2) is 39.0 Å². The maximum Gasteiger partial charge on any atom is 0.240 e. The SMILES string of the molecule is Cc1ccc(S(=O)(=O)NCCC(=O)NCc2cc(Br)cs2)cc1C. The lowest BCUT2D eigenvalue weighted by Gasteiger charge is -2.09. The molecule has 1 aromatic heterocycles. The third-order valence-corrected chi connectivity index (χ3v) is 6.67. The minimum absolute atomic E-state index is 0.0647. The van der Waals surface area contributed by atoms with Crippen molar-refractivity contribution < 1.29 is 13.2 Å². The zero-order chi connectivity index (χ0) is 17.7. The van der Waals surface area contributed by atoms with Gasteiger partial charge in [-0.15, -0.1) is 11.3 Å². The van der Waals surface area contributed by atoms with Gasteiger partial charge in [0.2, 0.25) is 15.9 Å². The summed E-state index contributed by atoms with van der Waals surface area (Å²) in [6.45, 7) is 4.30. The van der Waals surface area contributed by atoms with Crippen LogP contribution in [-0.2, 0) is 21.4 Å². The van der Waals surface area contributed by atoms with Crippen molar-refractivity contribution >= 4 is 43.2 Å². The van der Waals surface area contributed by atoms with Crippen molar-refractivity contribution in [2.24, 2.45) is 0 Å². The lowest BCUT2D eigenvalue weighted by Crippen LogP contribution is -2.30. The second-order valence-corrected chi connectivity index (χ2v) is 9.08. The summed E-state index contributed by atoms with van der Waals surface area (Å²) in [7, 11) is -3.59. The number of halogens is 1. The smallest absolute Gasteiger partial charge is 0.240 e. The van der Waals surface area contributed by atoms with E-state index < -0.39 is 10.0 Å². The average molecular weight is 431 g/mol. The minimum atomic E-state index is -3.59. The highest BCUT2D eigenvalue weighted by Gasteiger charge is 2.14. The van der Waals surface area contributed by atoms with Crippen LogP contribution in [0.3, 0.4) is 0 Å². The van der Waals surface area contributed by atoms with E-state index >= 15 is 0 Å². The van der Waals surface area contributed by atoms with E-state index in [1.807, 2.05) is 25.3 Å². The molecule has 0 spiro atoms. The fourth-order valence-electron chi connectivity index (χ4n) is 1.98. The van der Waals surface area contributed by atoms with Gasteiger partial charge in [0.15, 0.2) is 0 Å². The van der Waals surface area contributed by atoms with Gasteiger partial charge >= 0.3 is 0 Å². The van der Waals surface area contributed by atoms with Crippen LogP contribution in [-0.4, -0.2) is 20.9 Å². The van der Waals surface area contributed by atoms with Crippen LogP contribution < -0.4 is 10.0 Å². The van der Waals surface area contributed by atoms with Crippen LogP contribution >= 0.6 is 27.3 Å². The summed E-state index contributed by atoms with van der Waals surface area (Å²) >= 11 is 4.90. The van der Waals surface area contributed by atoms with E-state index in [-0.39, 0.29) is 23.8 Å². The third-order valence-electron chi connectivity index (χ3n) is 3.51. The summed E-state index contributed by atoms with van der Waals surface area (Å²) in [5.41, 5.74) is 1.95. The summed E-state index contributed by atoms with van der Waals surface area (Å²) in [5, 5.41) is 4.71. The maximum absolute atomic E-state index is 12.2. The lowest BCUT2D eigenvalue weighted by atomic mass is 10.1. The van der Waals surface area contributed by atoms with E-state index in [0.29, 0.717) is 6.54 Å². The van der Waals surface area contributed by atoms with E-state index in [1.165, 1.54) is 0 Å². The molecule has 24 heavy (non-hydrogen) atoms. The normalized spacial score (nSPS) is 11.5. The molecule has 0 fully saturated rings. The number of thiophene rings is 1. The predicted molar refractivity (Wildman–Crippen MR) is 99.6 cm³/mol. The Kier molecular flexibility index (Phi) is 6.56. The zero-order valence-electron chi connectivity index (χ0n) is 13.4. The molecule has 1 amide bonds. The quantitative estimate of drug-likeness (QED) is 0.708. The Morgan fingerprint density at radius 3 is 2.58 bits per heavy atom. The Hall–Kier alpha value is -1.22.